The van der Waals surface area contributed by atoms with Crippen molar-refractivity contribution in [1.82, 2.24) is 0 Å². The highest BCUT2D eigenvalue weighted by molar-refractivity contribution is 7.45. The van der Waals surface area contributed by atoms with Crippen LogP contribution >= 0.6 is 19.6 Å². The average molecular weight is 312 g/mol. The third kappa shape index (κ3) is 3.39. The summed E-state index contributed by atoms with van der Waals surface area (Å²) in [4.78, 5) is 22.8. The number of carbonyl (C=O) groups excluding carboxylic acids is 1. The van der Waals surface area contributed by atoms with Crippen LogP contribution in [0, 0.1) is 5.82 Å². The van der Waals surface area contributed by atoms with Crippen LogP contribution in [-0.2, 0) is 4.57 Å². The van der Waals surface area contributed by atoms with E-state index in [4.69, 9.17) is 11.6 Å². The largest absolute Gasteiger partial charge is 0.591 e. The quantitative estimate of drug-likeness (QED) is 0.885. The maximum Gasteiger partial charge on any atom is 0.348 e. The molecule has 7 heteroatoms. The molecule has 0 radical (unpaired) electrons. The van der Waals surface area contributed by atoms with E-state index in [0.29, 0.717) is 5.69 Å². The summed E-state index contributed by atoms with van der Waals surface area (Å²) in [5.41, 5.74) is 0.500. The Hall–Kier alpha value is -1.81. The first kappa shape index (κ1) is 14.6. The van der Waals surface area contributed by atoms with E-state index >= 15 is 0 Å². The van der Waals surface area contributed by atoms with E-state index in [1.807, 2.05) is 0 Å². The van der Waals surface area contributed by atoms with Crippen molar-refractivity contribution in [3.8, 4) is 0 Å². The number of nitrogens with one attached hydrogen (secondary N) is 1. The van der Waals surface area contributed by atoms with Gasteiger partial charge < -0.3 is 10.2 Å². The van der Waals surface area contributed by atoms with Crippen LogP contribution in [0.4, 0.5) is 10.1 Å². The van der Waals surface area contributed by atoms with Gasteiger partial charge in [0.05, 0.1) is 5.02 Å². The van der Waals surface area contributed by atoms with Crippen molar-refractivity contribution in [2.45, 2.75) is 0 Å². The molecular formula is C13H8ClFNO3P. The summed E-state index contributed by atoms with van der Waals surface area (Å²) in [6.07, 6.45) is 0. The molecule has 0 aromatic heterocycles. The number of halogens is 2. The lowest BCUT2D eigenvalue weighted by molar-refractivity contribution is -0.160. The highest BCUT2D eigenvalue weighted by atomic mass is 35.5. The Morgan fingerprint density at radius 1 is 1.25 bits per heavy atom. The van der Waals surface area contributed by atoms with Gasteiger partial charge in [-0.1, -0.05) is 22.2 Å². The smallest absolute Gasteiger partial charge is 0.348 e. The summed E-state index contributed by atoms with van der Waals surface area (Å²) in [6.45, 7) is 0. The lowest BCUT2D eigenvalue weighted by Gasteiger charge is -2.06. The van der Waals surface area contributed by atoms with Crippen LogP contribution in [-0.4, -0.2) is 5.91 Å². The van der Waals surface area contributed by atoms with E-state index in [1.165, 1.54) is 36.4 Å². The van der Waals surface area contributed by atoms with Gasteiger partial charge in [-0.15, -0.1) is 0 Å². The molecule has 102 valence electrons. The second-order valence-electron chi connectivity index (χ2n) is 3.89. The van der Waals surface area contributed by atoms with E-state index < -0.39 is 19.8 Å². The van der Waals surface area contributed by atoms with E-state index in [2.05, 4.69) is 5.32 Å². The molecule has 1 atom stereocenters. The second kappa shape index (κ2) is 6.09. The summed E-state index contributed by atoms with van der Waals surface area (Å²) in [5.74, 6) is -1.10. The SMILES string of the molecule is O=C(Nc1ccc(F)c(Cl)c1)c1cccc([P+](=O)[O-])c1. The van der Waals surface area contributed by atoms with Crippen LogP contribution in [0.5, 0.6) is 0 Å². The zero-order valence-electron chi connectivity index (χ0n) is 9.97. The van der Waals surface area contributed by atoms with Gasteiger partial charge in [-0.25, -0.2) is 4.39 Å². The third-order valence-corrected chi connectivity index (χ3v) is 3.49. The molecule has 0 heterocycles. The predicted molar refractivity (Wildman–Crippen MR) is 73.0 cm³/mol. The maximum atomic E-state index is 13.0. The fraction of sp³-hybridized carbons (Fsp3) is 0. The number of amides is 1. The maximum absolute atomic E-state index is 13.0. The molecule has 0 fully saturated rings. The Morgan fingerprint density at radius 3 is 2.65 bits per heavy atom. The highest BCUT2D eigenvalue weighted by Gasteiger charge is 2.12. The van der Waals surface area contributed by atoms with Crippen molar-refractivity contribution in [1.29, 1.82) is 0 Å². The standard InChI is InChI=1S/C13H8ClFNO3P/c14-11-7-9(4-5-12(11)15)16-13(17)8-2-1-3-10(6-8)20(18)19/h1-7H,(H,16,17). The molecular weight excluding hydrogens is 304 g/mol. The molecule has 2 aromatic rings. The molecule has 20 heavy (non-hydrogen) atoms. The minimum atomic E-state index is -2.76. The zero-order valence-corrected chi connectivity index (χ0v) is 11.6. The molecule has 0 aliphatic rings. The van der Waals surface area contributed by atoms with Gasteiger partial charge in [0.2, 0.25) is 0 Å². The van der Waals surface area contributed by atoms with E-state index in [9.17, 15) is 18.6 Å². The minimum absolute atomic E-state index is 0.0461. The number of hydrogen-bond donors (Lipinski definition) is 1. The topological polar surface area (TPSA) is 69.2 Å². The Labute approximate surface area is 120 Å². The van der Waals surface area contributed by atoms with E-state index in [1.54, 1.807) is 0 Å². The molecule has 2 rings (SSSR count). The molecule has 1 N–H and O–H groups in total. The van der Waals surface area contributed by atoms with Crippen molar-refractivity contribution < 1.29 is 18.6 Å². The van der Waals surface area contributed by atoms with Gasteiger partial charge >= 0.3 is 8.03 Å². The van der Waals surface area contributed by atoms with Gasteiger partial charge in [0.1, 0.15) is 5.82 Å². The first-order valence-electron chi connectivity index (χ1n) is 5.48. The molecule has 0 bridgehead atoms. The monoisotopic (exact) mass is 311 g/mol. The Morgan fingerprint density at radius 2 is 2.00 bits per heavy atom. The molecule has 4 nitrogen and oxygen atoms in total. The van der Waals surface area contributed by atoms with Gasteiger partial charge in [-0.3, -0.25) is 4.79 Å². The molecule has 0 aliphatic carbocycles. The van der Waals surface area contributed by atoms with Crippen molar-refractivity contribution in [3.63, 3.8) is 0 Å². The van der Waals surface area contributed by atoms with Crippen LogP contribution in [0.2, 0.25) is 5.02 Å². The summed E-state index contributed by atoms with van der Waals surface area (Å²) >= 11 is 5.60. The van der Waals surface area contributed by atoms with Crippen LogP contribution < -0.4 is 15.5 Å². The minimum Gasteiger partial charge on any atom is -0.591 e. The molecule has 0 saturated carbocycles. The number of rotatable bonds is 3. The molecule has 0 saturated heterocycles. The number of carbonyl (C=O) groups is 1. The van der Waals surface area contributed by atoms with Crippen molar-refractivity contribution in [3.05, 3.63) is 58.9 Å². The molecule has 1 unspecified atom stereocenters. The average Bonchev–Trinajstić information content (AvgIpc) is 2.43. The Kier molecular flexibility index (Phi) is 4.45. The number of hydrogen-bond acceptors (Lipinski definition) is 3. The second-order valence-corrected chi connectivity index (χ2v) is 5.33. The summed E-state index contributed by atoms with van der Waals surface area (Å²) in [7, 11) is -2.76. The fourth-order valence-electron chi connectivity index (χ4n) is 1.54. The summed E-state index contributed by atoms with van der Waals surface area (Å²) in [6, 6.07) is 9.34. The predicted octanol–water partition coefficient (Wildman–Crippen LogP) is 2.46. The summed E-state index contributed by atoms with van der Waals surface area (Å²) in [5, 5.41) is 2.44. The van der Waals surface area contributed by atoms with Gasteiger partial charge in [0.25, 0.3) is 5.91 Å². The molecule has 1 amide bonds. The van der Waals surface area contributed by atoms with Gasteiger partial charge in [-0.2, -0.15) is 0 Å². The first-order chi connectivity index (χ1) is 9.47. The van der Waals surface area contributed by atoms with E-state index in [0.717, 1.165) is 6.07 Å². The first-order valence-corrected chi connectivity index (χ1v) is 7.04. The van der Waals surface area contributed by atoms with Gasteiger partial charge in [0.15, 0.2) is 5.30 Å². The summed E-state index contributed by atoms with van der Waals surface area (Å²) < 4.78 is 23.9. The normalized spacial score (nSPS) is 11.1. The lowest BCUT2D eigenvalue weighted by atomic mass is 10.2. The fourth-order valence-corrected chi connectivity index (χ4v) is 2.17. The highest BCUT2D eigenvalue weighted by Crippen LogP contribution is 2.20. The number of benzene rings is 2. The molecule has 0 spiro atoms. The Balaban J connectivity index is 2.21. The van der Waals surface area contributed by atoms with Gasteiger partial charge in [0, 0.05) is 17.3 Å². The van der Waals surface area contributed by atoms with Crippen LogP contribution in [0.25, 0.3) is 0 Å². The number of anilines is 1. The van der Waals surface area contributed by atoms with Crippen LogP contribution in [0.15, 0.2) is 42.5 Å². The van der Waals surface area contributed by atoms with Crippen LogP contribution in [0.3, 0.4) is 0 Å². The van der Waals surface area contributed by atoms with Crippen molar-refractivity contribution >= 4 is 36.5 Å². The molecule has 0 aliphatic heterocycles. The van der Waals surface area contributed by atoms with Crippen molar-refractivity contribution in [2.75, 3.05) is 5.32 Å². The molecule has 2 aromatic carbocycles. The van der Waals surface area contributed by atoms with Crippen LogP contribution in [0.1, 0.15) is 10.4 Å². The zero-order chi connectivity index (χ0) is 14.7. The van der Waals surface area contributed by atoms with E-state index in [-0.39, 0.29) is 15.9 Å². The lowest BCUT2D eigenvalue weighted by Crippen LogP contribution is -2.14. The third-order valence-electron chi connectivity index (χ3n) is 2.50. The van der Waals surface area contributed by atoms with Crippen molar-refractivity contribution in [2.24, 2.45) is 0 Å². The Bertz CT molecular complexity index is 693. The van der Waals surface area contributed by atoms with Gasteiger partial charge in [-0.05, 0) is 30.3 Å².